The second-order valence-electron chi connectivity index (χ2n) is 4.11. The van der Waals surface area contributed by atoms with Gasteiger partial charge in [-0.2, -0.15) is 13.2 Å². The van der Waals surface area contributed by atoms with Crippen LogP contribution in [0.25, 0.3) is 0 Å². The predicted molar refractivity (Wildman–Crippen MR) is 81.4 cm³/mol. The summed E-state index contributed by atoms with van der Waals surface area (Å²) in [7, 11) is -4.32. The SMILES string of the molecule is O=S(=O)(Nc1cccc(I)c1)c1ccccc1C(F)(F)F. The molecule has 8 heteroatoms. The Balaban J connectivity index is 2.46. The number of hydrogen-bond acceptors (Lipinski definition) is 2. The number of halogens is 4. The minimum absolute atomic E-state index is 0.207. The molecular weight excluding hydrogens is 418 g/mol. The summed E-state index contributed by atoms with van der Waals surface area (Å²) in [5, 5.41) is 0. The van der Waals surface area contributed by atoms with Gasteiger partial charge in [-0.15, -0.1) is 0 Å². The van der Waals surface area contributed by atoms with Gasteiger partial charge in [0.15, 0.2) is 0 Å². The monoisotopic (exact) mass is 427 g/mol. The summed E-state index contributed by atoms with van der Waals surface area (Å²) in [6, 6.07) is 10.4. The molecule has 2 aromatic rings. The van der Waals surface area contributed by atoms with E-state index in [1.807, 2.05) is 22.6 Å². The fraction of sp³-hybridized carbons (Fsp3) is 0.0769. The van der Waals surface area contributed by atoms with Crippen LogP contribution >= 0.6 is 22.6 Å². The highest BCUT2D eigenvalue weighted by Crippen LogP contribution is 2.34. The first-order valence-corrected chi connectivity index (χ1v) is 8.21. The molecule has 2 aromatic carbocycles. The number of anilines is 1. The number of alkyl halides is 3. The molecule has 0 fully saturated rings. The van der Waals surface area contributed by atoms with Crippen molar-refractivity contribution >= 4 is 38.3 Å². The predicted octanol–water partition coefficient (Wildman–Crippen LogP) is 4.11. The average Bonchev–Trinajstić information content (AvgIpc) is 2.37. The van der Waals surface area contributed by atoms with Crippen molar-refractivity contribution in [3.8, 4) is 0 Å². The highest BCUT2D eigenvalue weighted by atomic mass is 127. The lowest BCUT2D eigenvalue weighted by Crippen LogP contribution is -2.18. The topological polar surface area (TPSA) is 46.2 Å². The van der Waals surface area contributed by atoms with E-state index in [-0.39, 0.29) is 5.69 Å². The standard InChI is InChI=1S/C13H9F3INO2S/c14-13(15,16)11-6-1-2-7-12(11)21(19,20)18-10-5-3-4-9(17)8-10/h1-8,18H. The van der Waals surface area contributed by atoms with Crippen LogP contribution in [0.1, 0.15) is 5.56 Å². The van der Waals surface area contributed by atoms with Gasteiger partial charge in [0, 0.05) is 9.26 Å². The first-order chi connectivity index (χ1) is 9.70. The molecular formula is C13H9F3INO2S. The summed E-state index contributed by atoms with van der Waals surface area (Å²) in [4.78, 5) is -0.795. The third-order valence-electron chi connectivity index (χ3n) is 2.56. The van der Waals surface area contributed by atoms with Crippen molar-refractivity contribution in [1.82, 2.24) is 0 Å². The lowest BCUT2D eigenvalue weighted by atomic mass is 10.2. The van der Waals surface area contributed by atoms with Gasteiger partial charge >= 0.3 is 6.18 Å². The third kappa shape index (κ3) is 3.88. The van der Waals surface area contributed by atoms with E-state index in [1.165, 1.54) is 18.2 Å². The Morgan fingerprint density at radius 3 is 2.29 bits per heavy atom. The van der Waals surface area contributed by atoms with Crippen molar-refractivity contribution in [2.75, 3.05) is 4.72 Å². The number of benzene rings is 2. The highest BCUT2D eigenvalue weighted by Gasteiger charge is 2.36. The van der Waals surface area contributed by atoms with Gasteiger partial charge in [0.2, 0.25) is 0 Å². The van der Waals surface area contributed by atoms with Crippen LogP contribution in [0.3, 0.4) is 0 Å². The summed E-state index contributed by atoms with van der Waals surface area (Å²) in [6.07, 6.45) is -4.74. The lowest BCUT2D eigenvalue weighted by Gasteiger charge is -2.14. The van der Waals surface area contributed by atoms with E-state index in [1.54, 1.807) is 12.1 Å². The number of nitrogens with one attached hydrogen (secondary N) is 1. The van der Waals surface area contributed by atoms with Gasteiger partial charge < -0.3 is 0 Å². The zero-order valence-electron chi connectivity index (χ0n) is 10.4. The maximum absolute atomic E-state index is 12.9. The van der Waals surface area contributed by atoms with E-state index in [0.29, 0.717) is 0 Å². The Morgan fingerprint density at radius 1 is 1.00 bits per heavy atom. The molecule has 0 saturated heterocycles. The first kappa shape index (κ1) is 16.1. The van der Waals surface area contributed by atoms with E-state index in [2.05, 4.69) is 4.72 Å². The summed E-state index contributed by atoms with van der Waals surface area (Å²) in [5.74, 6) is 0. The Labute approximate surface area is 133 Å². The van der Waals surface area contributed by atoms with Crippen molar-refractivity contribution in [3.63, 3.8) is 0 Å². The molecule has 3 nitrogen and oxygen atoms in total. The third-order valence-corrected chi connectivity index (χ3v) is 4.67. The molecule has 0 amide bonds. The van der Waals surface area contributed by atoms with E-state index < -0.39 is 26.7 Å². The van der Waals surface area contributed by atoms with Crippen LogP contribution in [0.2, 0.25) is 0 Å². The molecule has 0 heterocycles. The van der Waals surface area contributed by atoms with E-state index >= 15 is 0 Å². The van der Waals surface area contributed by atoms with E-state index in [0.717, 1.165) is 21.8 Å². The minimum Gasteiger partial charge on any atom is -0.280 e. The fourth-order valence-electron chi connectivity index (χ4n) is 1.70. The van der Waals surface area contributed by atoms with Gasteiger partial charge in [-0.1, -0.05) is 18.2 Å². The normalized spacial score (nSPS) is 12.2. The smallest absolute Gasteiger partial charge is 0.280 e. The molecule has 1 N–H and O–H groups in total. The summed E-state index contributed by atoms with van der Waals surface area (Å²) in [5.41, 5.74) is -0.984. The van der Waals surface area contributed by atoms with Crippen LogP contribution in [-0.4, -0.2) is 8.42 Å². The van der Waals surface area contributed by atoms with Gasteiger partial charge in [0.25, 0.3) is 10.0 Å². The maximum atomic E-state index is 12.9. The summed E-state index contributed by atoms with van der Waals surface area (Å²) in [6.45, 7) is 0. The Morgan fingerprint density at radius 2 is 1.67 bits per heavy atom. The van der Waals surface area contributed by atoms with Crippen LogP contribution in [0.4, 0.5) is 18.9 Å². The van der Waals surface area contributed by atoms with Crippen molar-refractivity contribution in [3.05, 3.63) is 57.7 Å². The first-order valence-electron chi connectivity index (χ1n) is 5.65. The van der Waals surface area contributed by atoms with Gasteiger partial charge in [0.05, 0.1) is 10.5 Å². The fourth-order valence-corrected chi connectivity index (χ4v) is 3.52. The van der Waals surface area contributed by atoms with Crippen molar-refractivity contribution in [2.45, 2.75) is 11.1 Å². The van der Waals surface area contributed by atoms with Crippen LogP contribution in [0.5, 0.6) is 0 Å². The molecule has 0 aromatic heterocycles. The molecule has 21 heavy (non-hydrogen) atoms. The van der Waals surface area contributed by atoms with Crippen molar-refractivity contribution in [1.29, 1.82) is 0 Å². The second-order valence-corrected chi connectivity index (χ2v) is 7.01. The molecule has 0 aliphatic heterocycles. The van der Waals surface area contributed by atoms with E-state index in [9.17, 15) is 21.6 Å². The molecule has 0 aliphatic carbocycles. The Hall–Kier alpha value is -1.29. The largest absolute Gasteiger partial charge is 0.417 e. The molecule has 0 aliphatic rings. The van der Waals surface area contributed by atoms with Crippen LogP contribution < -0.4 is 4.72 Å². The molecule has 2 rings (SSSR count). The number of sulfonamides is 1. The molecule has 0 saturated carbocycles. The molecule has 0 atom stereocenters. The quantitative estimate of drug-likeness (QED) is 0.750. The molecule has 112 valence electrons. The molecule has 0 bridgehead atoms. The summed E-state index contributed by atoms with van der Waals surface area (Å²) >= 11 is 1.98. The highest BCUT2D eigenvalue weighted by molar-refractivity contribution is 14.1. The molecule has 0 unspecified atom stereocenters. The lowest BCUT2D eigenvalue weighted by molar-refractivity contribution is -0.139. The Kier molecular flexibility index (Phi) is 4.47. The van der Waals surface area contributed by atoms with E-state index in [4.69, 9.17) is 0 Å². The van der Waals surface area contributed by atoms with Gasteiger partial charge in [-0.05, 0) is 52.9 Å². The summed E-state index contributed by atoms with van der Waals surface area (Å²) < 4.78 is 65.9. The maximum Gasteiger partial charge on any atom is 0.417 e. The second kappa shape index (κ2) is 5.84. The Bertz CT molecular complexity index is 760. The zero-order chi connectivity index (χ0) is 15.7. The average molecular weight is 427 g/mol. The van der Waals surface area contributed by atoms with Crippen LogP contribution in [-0.2, 0) is 16.2 Å². The van der Waals surface area contributed by atoms with Crippen LogP contribution in [0, 0.1) is 3.57 Å². The van der Waals surface area contributed by atoms with Gasteiger partial charge in [-0.3, -0.25) is 4.72 Å². The minimum atomic E-state index is -4.74. The zero-order valence-corrected chi connectivity index (χ0v) is 13.3. The van der Waals surface area contributed by atoms with Crippen LogP contribution in [0.15, 0.2) is 53.4 Å². The van der Waals surface area contributed by atoms with Crippen molar-refractivity contribution < 1.29 is 21.6 Å². The number of hydrogen-bond donors (Lipinski definition) is 1. The number of rotatable bonds is 3. The van der Waals surface area contributed by atoms with Crippen molar-refractivity contribution in [2.24, 2.45) is 0 Å². The molecule has 0 spiro atoms. The van der Waals surface area contributed by atoms with Gasteiger partial charge in [-0.25, -0.2) is 8.42 Å². The van der Waals surface area contributed by atoms with Gasteiger partial charge in [0.1, 0.15) is 0 Å². The molecule has 0 radical (unpaired) electrons.